The third-order valence-corrected chi connectivity index (χ3v) is 3.61. The number of carbonyl (C=O) groups excluding carboxylic acids is 1. The minimum atomic E-state index is -0.0447. The number of nitrogens with one attached hydrogen (secondary N) is 1. The number of rotatable bonds is 13. The van der Waals surface area contributed by atoms with Crippen LogP contribution in [0.4, 0.5) is 0 Å². The molecule has 0 aromatic carbocycles. The summed E-state index contributed by atoms with van der Waals surface area (Å²) in [7, 11) is 4.14. The molecule has 0 bridgehead atoms. The summed E-state index contributed by atoms with van der Waals surface area (Å²) >= 11 is 0. The van der Waals surface area contributed by atoms with Gasteiger partial charge in [0.25, 0.3) is 0 Å². The van der Waals surface area contributed by atoms with E-state index < -0.39 is 0 Å². The first-order valence-electron chi connectivity index (χ1n) is 8.17. The number of hydrogen-bond donors (Lipinski definition) is 1. The number of amides is 1. The number of carbonyl (C=O) groups is 1. The van der Waals surface area contributed by atoms with Crippen molar-refractivity contribution >= 4 is 5.91 Å². The summed E-state index contributed by atoms with van der Waals surface area (Å²) in [6, 6.07) is 0.290. The molecule has 3 nitrogen and oxygen atoms in total. The molecule has 0 fully saturated rings. The Kier molecular flexibility index (Phi) is 12.6. The van der Waals surface area contributed by atoms with Crippen LogP contribution < -0.4 is 5.32 Å². The van der Waals surface area contributed by atoms with Crippen LogP contribution >= 0.6 is 0 Å². The van der Waals surface area contributed by atoms with Crippen molar-refractivity contribution in [3.05, 3.63) is 12.7 Å². The lowest BCUT2D eigenvalue weighted by Crippen LogP contribution is -2.35. The molecule has 0 aliphatic rings. The fourth-order valence-electron chi connectivity index (χ4n) is 2.31. The molecule has 0 aliphatic heterocycles. The smallest absolute Gasteiger partial charge is 0.243 e. The Balaban J connectivity index is 3.78. The fraction of sp³-hybridized carbons (Fsp3) is 0.824. The quantitative estimate of drug-likeness (QED) is 0.412. The van der Waals surface area contributed by atoms with E-state index in [0.29, 0.717) is 6.04 Å². The van der Waals surface area contributed by atoms with Crippen molar-refractivity contribution in [2.45, 2.75) is 70.8 Å². The van der Waals surface area contributed by atoms with Crippen LogP contribution in [-0.4, -0.2) is 37.5 Å². The molecule has 0 aliphatic carbocycles. The molecule has 0 saturated carbocycles. The molecule has 0 heterocycles. The monoisotopic (exact) mass is 282 g/mol. The maximum atomic E-state index is 11.4. The van der Waals surface area contributed by atoms with Gasteiger partial charge < -0.3 is 10.2 Å². The van der Waals surface area contributed by atoms with E-state index >= 15 is 0 Å². The number of nitrogens with zero attached hydrogens (tertiary/aromatic N) is 1. The molecule has 0 radical (unpaired) electrons. The van der Waals surface area contributed by atoms with Gasteiger partial charge in [0.05, 0.1) is 0 Å². The largest absolute Gasteiger partial charge is 0.350 e. The van der Waals surface area contributed by atoms with E-state index in [9.17, 15) is 4.79 Å². The summed E-state index contributed by atoms with van der Waals surface area (Å²) in [5, 5.41) is 3.05. The van der Waals surface area contributed by atoms with Crippen LogP contribution in [0.2, 0.25) is 0 Å². The normalized spacial score (nSPS) is 12.4. The van der Waals surface area contributed by atoms with Crippen molar-refractivity contribution in [2.24, 2.45) is 0 Å². The van der Waals surface area contributed by atoms with E-state index in [4.69, 9.17) is 0 Å². The molecule has 0 rings (SSSR count). The van der Waals surface area contributed by atoms with Gasteiger partial charge in [0.15, 0.2) is 0 Å². The fourth-order valence-corrected chi connectivity index (χ4v) is 2.31. The Labute approximate surface area is 125 Å². The van der Waals surface area contributed by atoms with E-state index in [0.717, 1.165) is 19.4 Å². The lowest BCUT2D eigenvalue weighted by Gasteiger charge is -2.20. The second kappa shape index (κ2) is 13.2. The Morgan fingerprint density at radius 2 is 1.70 bits per heavy atom. The van der Waals surface area contributed by atoms with Crippen LogP contribution in [0.1, 0.15) is 64.7 Å². The molecule has 1 unspecified atom stereocenters. The van der Waals surface area contributed by atoms with Crippen LogP contribution in [0.5, 0.6) is 0 Å². The van der Waals surface area contributed by atoms with E-state index in [1.165, 1.54) is 51.0 Å². The van der Waals surface area contributed by atoms with Gasteiger partial charge in [0.2, 0.25) is 5.91 Å². The summed E-state index contributed by atoms with van der Waals surface area (Å²) in [6.45, 7) is 6.78. The first-order chi connectivity index (χ1) is 9.60. The number of hydrogen-bond acceptors (Lipinski definition) is 2. The van der Waals surface area contributed by atoms with E-state index in [-0.39, 0.29) is 5.91 Å². The Morgan fingerprint density at radius 3 is 2.25 bits per heavy atom. The zero-order valence-corrected chi connectivity index (χ0v) is 13.8. The van der Waals surface area contributed by atoms with Gasteiger partial charge in [0.1, 0.15) is 0 Å². The van der Waals surface area contributed by atoms with E-state index in [1.54, 1.807) is 0 Å². The highest BCUT2D eigenvalue weighted by atomic mass is 16.1. The standard InChI is InChI=1S/C17H34N2O/c1-5-7-8-9-10-11-12-13-16(14-15-19(3)4)18-17(20)6-2/h6,16H,2,5,7-15H2,1,3-4H3,(H,18,20). The van der Waals surface area contributed by atoms with Crippen molar-refractivity contribution in [1.29, 1.82) is 0 Å². The SMILES string of the molecule is C=CC(=O)NC(CCCCCCCCC)CCN(C)C. The average Bonchev–Trinajstić information content (AvgIpc) is 2.43. The van der Waals surface area contributed by atoms with Crippen LogP contribution in [0.3, 0.4) is 0 Å². The lowest BCUT2D eigenvalue weighted by atomic mass is 10.0. The van der Waals surface area contributed by atoms with E-state index in [2.05, 4.69) is 37.8 Å². The second-order valence-corrected chi connectivity index (χ2v) is 5.91. The first-order valence-corrected chi connectivity index (χ1v) is 8.17. The zero-order chi connectivity index (χ0) is 15.2. The van der Waals surface area contributed by atoms with Gasteiger partial charge >= 0.3 is 0 Å². The summed E-state index contributed by atoms with van der Waals surface area (Å²) < 4.78 is 0. The zero-order valence-electron chi connectivity index (χ0n) is 13.8. The van der Waals surface area contributed by atoms with Crippen LogP contribution in [0.15, 0.2) is 12.7 Å². The minimum Gasteiger partial charge on any atom is -0.350 e. The van der Waals surface area contributed by atoms with Crippen LogP contribution in [0, 0.1) is 0 Å². The van der Waals surface area contributed by atoms with Gasteiger partial charge in [-0.15, -0.1) is 0 Å². The predicted octanol–water partition coefficient (Wildman–Crippen LogP) is 3.75. The Hall–Kier alpha value is -0.830. The molecular weight excluding hydrogens is 248 g/mol. The van der Waals surface area contributed by atoms with Gasteiger partial charge in [-0.05, 0) is 39.6 Å². The Morgan fingerprint density at radius 1 is 1.10 bits per heavy atom. The second-order valence-electron chi connectivity index (χ2n) is 5.91. The molecule has 0 aromatic rings. The molecule has 0 spiro atoms. The summed E-state index contributed by atoms with van der Waals surface area (Å²) in [5.74, 6) is -0.0447. The maximum Gasteiger partial charge on any atom is 0.243 e. The third-order valence-electron chi connectivity index (χ3n) is 3.61. The molecular formula is C17H34N2O. The summed E-state index contributed by atoms with van der Waals surface area (Å²) in [5.41, 5.74) is 0. The molecule has 1 atom stereocenters. The molecule has 20 heavy (non-hydrogen) atoms. The first kappa shape index (κ1) is 19.2. The summed E-state index contributed by atoms with van der Waals surface area (Å²) in [4.78, 5) is 13.6. The molecule has 3 heteroatoms. The minimum absolute atomic E-state index is 0.0447. The van der Waals surface area contributed by atoms with Crippen molar-refractivity contribution in [3.63, 3.8) is 0 Å². The highest BCUT2D eigenvalue weighted by Crippen LogP contribution is 2.11. The Bertz CT molecular complexity index is 251. The van der Waals surface area contributed by atoms with E-state index in [1.807, 2.05) is 0 Å². The van der Waals surface area contributed by atoms with Crippen LogP contribution in [-0.2, 0) is 4.79 Å². The molecule has 118 valence electrons. The van der Waals surface area contributed by atoms with Gasteiger partial charge in [0, 0.05) is 6.04 Å². The average molecular weight is 282 g/mol. The van der Waals surface area contributed by atoms with Gasteiger partial charge in [-0.1, -0.05) is 58.4 Å². The van der Waals surface area contributed by atoms with Gasteiger partial charge in [-0.25, -0.2) is 0 Å². The predicted molar refractivity (Wildman–Crippen MR) is 87.9 cm³/mol. The highest BCUT2D eigenvalue weighted by Gasteiger charge is 2.10. The lowest BCUT2D eigenvalue weighted by molar-refractivity contribution is -0.117. The maximum absolute atomic E-state index is 11.4. The topological polar surface area (TPSA) is 32.3 Å². The summed E-state index contributed by atoms with van der Waals surface area (Å²) in [6.07, 6.45) is 12.7. The molecule has 1 N–H and O–H groups in total. The molecule has 1 amide bonds. The molecule has 0 aromatic heterocycles. The van der Waals surface area contributed by atoms with Gasteiger partial charge in [-0.3, -0.25) is 4.79 Å². The van der Waals surface area contributed by atoms with Crippen molar-refractivity contribution in [1.82, 2.24) is 10.2 Å². The number of unbranched alkanes of at least 4 members (excludes halogenated alkanes) is 6. The highest BCUT2D eigenvalue weighted by molar-refractivity contribution is 5.87. The van der Waals surface area contributed by atoms with Crippen LogP contribution in [0.25, 0.3) is 0 Å². The van der Waals surface area contributed by atoms with Crippen molar-refractivity contribution in [2.75, 3.05) is 20.6 Å². The third kappa shape index (κ3) is 12.2. The van der Waals surface area contributed by atoms with Crippen molar-refractivity contribution < 1.29 is 4.79 Å². The van der Waals surface area contributed by atoms with Gasteiger partial charge in [-0.2, -0.15) is 0 Å². The molecule has 0 saturated heterocycles. The van der Waals surface area contributed by atoms with Crippen molar-refractivity contribution in [3.8, 4) is 0 Å².